The molecule has 1 aliphatic heterocycles. The van der Waals surface area contributed by atoms with Crippen molar-refractivity contribution in [1.82, 2.24) is 4.90 Å². The van der Waals surface area contributed by atoms with Crippen LogP contribution in [0.4, 0.5) is 0 Å². The third-order valence-electron chi connectivity index (χ3n) is 1.70. The molecule has 2 nitrogen and oxygen atoms in total. The van der Waals surface area contributed by atoms with Crippen molar-refractivity contribution in [2.24, 2.45) is 0 Å². The molecule has 1 rings (SSSR count). The van der Waals surface area contributed by atoms with Gasteiger partial charge in [-0.2, -0.15) is 0 Å². The zero-order valence-corrected chi connectivity index (χ0v) is 6.10. The van der Waals surface area contributed by atoms with Crippen LogP contribution < -0.4 is 0 Å². The van der Waals surface area contributed by atoms with Gasteiger partial charge in [0.05, 0.1) is 6.54 Å². The minimum absolute atomic E-state index is 0.256. The summed E-state index contributed by atoms with van der Waals surface area (Å²) in [6.07, 6.45) is 2.58. The highest BCUT2D eigenvalue weighted by Crippen LogP contribution is 2.05. The van der Waals surface area contributed by atoms with Gasteiger partial charge < -0.3 is 0 Å². The molecule has 2 heteroatoms. The highest BCUT2D eigenvalue weighted by Gasteiger charge is 2.08. The second-order valence-electron chi connectivity index (χ2n) is 2.48. The Morgan fingerprint density at radius 2 is 1.90 bits per heavy atom. The van der Waals surface area contributed by atoms with Gasteiger partial charge in [-0.1, -0.05) is 11.8 Å². The number of likely N-dealkylation sites (tertiary alicyclic amines) is 1. The maximum absolute atomic E-state index is 9.91. The van der Waals surface area contributed by atoms with Crippen molar-refractivity contribution in [1.29, 1.82) is 0 Å². The average molecular weight is 138 g/mol. The molecule has 0 unspecified atom stereocenters. The van der Waals surface area contributed by atoms with Gasteiger partial charge in [-0.05, 0) is 25.9 Å². The first-order valence-corrected chi connectivity index (χ1v) is 3.69. The predicted molar refractivity (Wildman–Crippen MR) is 39.0 cm³/mol. The summed E-state index contributed by atoms with van der Waals surface area (Å²) in [6.45, 7) is 2.86. The molecule has 1 radical (unpaired) electrons. The topological polar surface area (TPSA) is 23.1 Å². The average Bonchev–Trinajstić information content (AvgIpc) is 2.41. The molecule has 0 amide bonds. The Morgan fingerprint density at radius 3 is 2.50 bits per heavy atom. The summed E-state index contributed by atoms with van der Waals surface area (Å²) < 4.78 is 0. The summed E-state index contributed by atoms with van der Waals surface area (Å²) in [6, 6.07) is 0. The number of rotatable bonds is 1. The Bertz CT molecular complexity index is 139. The summed E-state index contributed by atoms with van der Waals surface area (Å²) in [5.41, 5.74) is 0. The van der Waals surface area contributed by atoms with E-state index in [1.165, 1.54) is 12.8 Å². The van der Waals surface area contributed by atoms with E-state index in [2.05, 4.69) is 16.7 Å². The van der Waals surface area contributed by atoms with Crippen LogP contribution in [0.5, 0.6) is 0 Å². The van der Waals surface area contributed by atoms with E-state index in [0.717, 1.165) is 19.6 Å². The summed E-state index contributed by atoms with van der Waals surface area (Å²) >= 11 is 0. The van der Waals surface area contributed by atoms with Gasteiger partial charge in [0.25, 0.3) is 0 Å². The first kappa shape index (κ1) is 7.59. The molecule has 1 saturated heterocycles. The smallest absolute Gasteiger partial charge is 0.143 e. The number of nitrogens with zero attached hydrogens (tertiary/aromatic N) is 1. The molecule has 1 heterocycles. The molecule has 10 heavy (non-hydrogen) atoms. The summed E-state index contributed by atoms with van der Waals surface area (Å²) in [5, 5.41) is 9.91. The quantitative estimate of drug-likeness (QED) is 0.484. The molecule has 0 spiro atoms. The van der Waals surface area contributed by atoms with Crippen molar-refractivity contribution < 1.29 is 5.11 Å². The van der Waals surface area contributed by atoms with Crippen LogP contribution in [0.1, 0.15) is 12.8 Å². The Balaban J connectivity index is 2.12. The maximum atomic E-state index is 9.91. The first-order valence-electron chi connectivity index (χ1n) is 3.69. The lowest BCUT2D eigenvalue weighted by atomic mass is 10.4. The van der Waals surface area contributed by atoms with Gasteiger partial charge in [-0.25, -0.2) is 5.11 Å². The van der Waals surface area contributed by atoms with Crippen molar-refractivity contribution in [3.63, 3.8) is 0 Å². The molecule has 0 aromatic carbocycles. The standard InChI is InChI=1S/C8H12NO/c10-8-4-3-7-9-5-1-2-6-9/h1-2,5-8H2. The van der Waals surface area contributed by atoms with Gasteiger partial charge in [-0.3, -0.25) is 4.90 Å². The Hall–Kier alpha value is -0.520. The van der Waals surface area contributed by atoms with E-state index < -0.39 is 0 Å². The predicted octanol–water partition coefficient (Wildman–Crippen LogP) is 0.516. The second kappa shape index (κ2) is 4.32. The fourth-order valence-electron chi connectivity index (χ4n) is 1.16. The normalized spacial score (nSPS) is 18.5. The van der Waals surface area contributed by atoms with Crippen molar-refractivity contribution in [3.05, 3.63) is 0 Å². The summed E-state index contributed by atoms with van der Waals surface area (Å²) in [7, 11) is 0. The molecule has 0 atom stereocenters. The molecule has 0 saturated carbocycles. The van der Waals surface area contributed by atoms with E-state index >= 15 is 0 Å². The first-order chi connectivity index (χ1) is 4.93. The van der Waals surface area contributed by atoms with E-state index in [1.807, 2.05) is 0 Å². The third kappa shape index (κ3) is 2.38. The van der Waals surface area contributed by atoms with Crippen LogP contribution >= 0.6 is 0 Å². The van der Waals surface area contributed by atoms with Gasteiger partial charge in [0.2, 0.25) is 0 Å². The van der Waals surface area contributed by atoms with Crippen LogP contribution in [-0.4, -0.2) is 31.1 Å². The summed E-state index contributed by atoms with van der Waals surface area (Å²) in [5.74, 6) is 5.37. The molecular formula is C8H12NO. The number of hydrogen-bond acceptors (Lipinski definition) is 1. The van der Waals surface area contributed by atoms with E-state index in [0.29, 0.717) is 0 Å². The maximum Gasteiger partial charge on any atom is 0.143 e. The zero-order valence-electron chi connectivity index (χ0n) is 6.10. The molecule has 0 aromatic rings. The number of hydrogen-bond donors (Lipinski definition) is 0. The Kier molecular flexibility index (Phi) is 3.28. The van der Waals surface area contributed by atoms with Crippen LogP contribution in [-0.2, 0) is 5.11 Å². The molecule has 0 N–H and O–H groups in total. The monoisotopic (exact) mass is 138 g/mol. The largest absolute Gasteiger partial charge is 0.292 e. The fourth-order valence-corrected chi connectivity index (χ4v) is 1.16. The van der Waals surface area contributed by atoms with Crippen LogP contribution in [0.2, 0.25) is 0 Å². The zero-order chi connectivity index (χ0) is 7.23. The van der Waals surface area contributed by atoms with Gasteiger partial charge in [0, 0.05) is 0 Å². The molecule has 0 bridgehead atoms. The lowest BCUT2D eigenvalue weighted by Crippen LogP contribution is -2.18. The van der Waals surface area contributed by atoms with Gasteiger partial charge in [0.1, 0.15) is 6.61 Å². The Labute approximate surface area is 61.8 Å². The Morgan fingerprint density at radius 1 is 1.20 bits per heavy atom. The van der Waals surface area contributed by atoms with Crippen molar-refractivity contribution in [2.75, 3.05) is 26.2 Å². The minimum Gasteiger partial charge on any atom is -0.292 e. The van der Waals surface area contributed by atoms with E-state index in [1.54, 1.807) is 0 Å². The lowest BCUT2D eigenvalue weighted by Gasteiger charge is -2.08. The molecule has 0 aromatic heterocycles. The summed E-state index contributed by atoms with van der Waals surface area (Å²) in [4.78, 5) is 2.28. The fraction of sp³-hybridized carbons (Fsp3) is 0.750. The van der Waals surface area contributed by atoms with Gasteiger partial charge in [-0.15, -0.1) is 0 Å². The van der Waals surface area contributed by atoms with Gasteiger partial charge in [0.15, 0.2) is 0 Å². The molecule has 1 fully saturated rings. The highest BCUT2D eigenvalue weighted by atomic mass is 16.2. The van der Waals surface area contributed by atoms with Crippen LogP contribution in [0.15, 0.2) is 0 Å². The van der Waals surface area contributed by atoms with Crippen molar-refractivity contribution >= 4 is 0 Å². The molecule has 55 valence electrons. The lowest BCUT2D eigenvalue weighted by molar-refractivity contribution is 0.239. The van der Waals surface area contributed by atoms with Crippen LogP contribution in [0.25, 0.3) is 0 Å². The van der Waals surface area contributed by atoms with Crippen molar-refractivity contribution in [2.45, 2.75) is 12.8 Å². The highest BCUT2D eigenvalue weighted by molar-refractivity contribution is 5.01. The van der Waals surface area contributed by atoms with Crippen molar-refractivity contribution in [3.8, 4) is 11.8 Å². The third-order valence-corrected chi connectivity index (χ3v) is 1.70. The van der Waals surface area contributed by atoms with Crippen LogP contribution in [0.3, 0.4) is 0 Å². The minimum atomic E-state index is -0.256. The SMILES string of the molecule is [O]CC#CCN1CCCC1. The van der Waals surface area contributed by atoms with Crippen LogP contribution in [0, 0.1) is 11.8 Å². The molecule has 1 aliphatic rings. The van der Waals surface area contributed by atoms with Gasteiger partial charge >= 0.3 is 0 Å². The van der Waals surface area contributed by atoms with E-state index in [9.17, 15) is 5.11 Å². The van der Waals surface area contributed by atoms with E-state index in [-0.39, 0.29) is 6.61 Å². The molecule has 0 aliphatic carbocycles. The second-order valence-corrected chi connectivity index (χ2v) is 2.48. The van der Waals surface area contributed by atoms with E-state index in [4.69, 9.17) is 0 Å². The molecular weight excluding hydrogens is 126 g/mol.